The van der Waals surface area contributed by atoms with E-state index in [9.17, 15) is 13.2 Å². The lowest BCUT2D eigenvalue weighted by Crippen LogP contribution is -2.36. The third kappa shape index (κ3) is 3.26. The van der Waals surface area contributed by atoms with Gasteiger partial charge in [0.2, 0.25) is 0 Å². The third-order valence-corrected chi connectivity index (χ3v) is 4.04. The molecule has 5 heteroatoms. The van der Waals surface area contributed by atoms with E-state index in [-0.39, 0.29) is 6.54 Å². The van der Waals surface area contributed by atoms with Crippen LogP contribution >= 0.6 is 0 Å². The van der Waals surface area contributed by atoms with Gasteiger partial charge in [0.25, 0.3) is 0 Å². The first-order chi connectivity index (χ1) is 9.45. The smallest absolute Gasteiger partial charge is 0.371 e. The molecule has 0 amide bonds. The van der Waals surface area contributed by atoms with E-state index < -0.39 is 11.7 Å². The molecule has 0 aliphatic carbocycles. The van der Waals surface area contributed by atoms with Gasteiger partial charge in [-0.25, -0.2) is 0 Å². The Morgan fingerprint density at radius 1 is 1.35 bits per heavy atom. The van der Waals surface area contributed by atoms with Gasteiger partial charge < -0.3 is 10.6 Å². The number of nitrogens with zero attached hydrogens (tertiary/aromatic N) is 1. The van der Waals surface area contributed by atoms with Crippen molar-refractivity contribution in [2.75, 3.05) is 18.0 Å². The minimum atomic E-state index is -4.33. The van der Waals surface area contributed by atoms with Crippen LogP contribution in [0.2, 0.25) is 0 Å². The Balaban J connectivity index is 2.35. The van der Waals surface area contributed by atoms with Crippen LogP contribution in [0.3, 0.4) is 0 Å². The van der Waals surface area contributed by atoms with Crippen LogP contribution in [0.1, 0.15) is 37.3 Å². The van der Waals surface area contributed by atoms with E-state index in [1.54, 1.807) is 12.1 Å². The van der Waals surface area contributed by atoms with Crippen LogP contribution in [-0.4, -0.2) is 13.1 Å². The van der Waals surface area contributed by atoms with Gasteiger partial charge in [0.05, 0.1) is 5.56 Å². The van der Waals surface area contributed by atoms with Gasteiger partial charge in [-0.1, -0.05) is 19.4 Å². The highest BCUT2D eigenvalue weighted by Crippen LogP contribution is 2.38. The number of hydrogen-bond donors (Lipinski definition) is 1. The van der Waals surface area contributed by atoms with Gasteiger partial charge in [-0.15, -0.1) is 0 Å². The Morgan fingerprint density at radius 3 is 2.70 bits per heavy atom. The zero-order chi connectivity index (χ0) is 14.8. The zero-order valence-electron chi connectivity index (χ0n) is 11.7. The maximum atomic E-state index is 13.2. The first-order valence-electron chi connectivity index (χ1n) is 7.10. The molecule has 1 aliphatic heterocycles. The van der Waals surface area contributed by atoms with E-state index in [1.165, 1.54) is 6.07 Å². The molecule has 1 aliphatic rings. The van der Waals surface area contributed by atoms with Gasteiger partial charge in [-0.3, -0.25) is 0 Å². The van der Waals surface area contributed by atoms with Crippen LogP contribution in [0.5, 0.6) is 0 Å². The standard InChI is InChI=1S/C15H21F3N2/c1-2-11-4-3-7-20(10-11)14-6-5-12(9-19)8-13(14)15(16,17)18/h5-6,8,11H,2-4,7,9-10,19H2,1H3. The summed E-state index contributed by atoms with van der Waals surface area (Å²) in [6.45, 7) is 3.63. The molecule has 1 fully saturated rings. The lowest BCUT2D eigenvalue weighted by atomic mass is 9.94. The minimum absolute atomic E-state index is 0.126. The number of halogens is 3. The fourth-order valence-electron chi connectivity index (χ4n) is 2.83. The molecule has 2 rings (SSSR count). The summed E-state index contributed by atoms with van der Waals surface area (Å²) in [7, 11) is 0. The summed E-state index contributed by atoms with van der Waals surface area (Å²) in [5.41, 5.74) is 5.71. The fraction of sp³-hybridized carbons (Fsp3) is 0.600. The number of alkyl halides is 3. The number of anilines is 1. The predicted molar refractivity (Wildman–Crippen MR) is 74.6 cm³/mol. The molecule has 20 heavy (non-hydrogen) atoms. The normalized spacial score (nSPS) is 20.2. The molecule has 112 valence electrons. The molecule has 1 heterocycles. The summed E-state index contributed by atoms with van der Waals surface area (Å²) in [4.78, 5) is 1.88. The van der Waals surface area contributed by atoms with E-state index in [4.69, 9.17) is 5.73 Å². The SMILES string of the molecule is CCC1CCCN(c2ccc(CN)cc2C(F)(F)F)C1. The molecule has 0 saturated carbocycles. The van der Waals surface area contributed by atoms with E-state index in [0.29, 0.717) is 30.3 Å². The number of rotatable bonds is 3. The largest absolute Gasteiger partial charge is 0.418 e. The molecule has 1 aromatic carbocycles. The average molecular weight is 286 g/mol. The highest BCUT2D eigenvalue weighted by Gasteiger charge is 2.35. The molecule has 1 saturated heterocycles. The maximum absolute atomic E-state index is 13.2. The second kappa shape index (κ2) is 6.04. The summed E-state index contributed by atoms with van der Waals surface area (Å²) in [6, 6.07) is 4.45. The fourth-order valence-corrected chi connectivity index (χ4v) is 2.83. The topological polar surface area (TPSA) is 29.3 Å². The highest BCUT2D eigenvalue weighted by molar-refractivity contribution is 5.56. The number of hydrogen-bond acceptors (Lipinski definition) is 2. The van der Waals surface area contributed by atoms with E-state index in [0.717, 1.165) is 19.3 Å². The lowest BCUT2D eigenvalue weighted by molar-refractivity contribution is -0.137. The summed E-state index contributed by atoms with van der Waals surface area (Å²) in [6.07, 6.45) is -1.26. The molecular weight excluding hydrogens is 265 g/mol. The van der Waals surface area contributed by atoms with Crippen LogP contribution in [0, 0.1) is 5.92 Å². The number of benzene rings is 1. The first kappa shape index (κ1) is 15.2. The Morgan fingerprint density at radius 2 is 2.10 bits per heavy atom. The Hall–Kier alpha value is -1.23. The molecule has 2 N–H and O–H groups in total. The van der Waals surface area contributed by atoms with E-state index >= 15 is 0 Å². The maximum Gasteiger partial charge on any atom is 0.418 e. The van der Waals surface area contributed by atoms with Crippen LogP contribution in [0.15, 0.2) is 18.2 Å². The summed E-state index contributed by atoms with van der Waals surface area (Å²) in [5.74, 6) is 0.485. The molecule has 1 atom stereocenters. The predicted octanol–water partition coefficient (Wildman–Crippen LogP) is 3.79. The quantitative estimate of drug-likeness (QED) is 0.916. The van der Waals surface area contributed by atoms with Crippen molar-refractivity contribution >= 4 is 5.69 Å². The second-order valence-corrected chi connectivity index (χ2v) is 5.42. The van der Waals surface area contributed by atoms with Gasteiger partial charge in [0, 0.05) is 25.3 Å². The van der Waals surface area contributed by atoms with E-state index in [1.807, 2.05) is 4.90 Å². The summed E-state index contributed by atoms with van der Waals surface area (Å²) >= 11 is 0. The van der Waals surface area contributed by atoms with Gasteiger partial charge in [-0.2, -0.15) is 13.2 Å². The van der Waals surface area contributed by atoms with Gasteiger partial charge >= 0.3 is 6.18 Å². The summed E-state index contributed by atoms with van der Waals surface area (Å²) in [5, 5.41) is 0. The number of nitrogens with two attached hydrogens (primary N) is 1. The van der Waals surface area contributed by atoms with Crippen LogP contribution < -0.4 is 10.6 Å². The molecule has 0 radical (unpaired) electrons. The Kier molecular flexibility index (Phi) is 4.58. The van der Waals surface area contributed by atoms with Crippen molar-refractivity contribution < 1.29 is 13.2 Å². The van der Waals surface area contributed by atoms with E-state index in [2.05, 4.69) is 6.92 Å². The number of piperidine rings is 1. The molecule has 1 aromatic rings. The van der Waals surface area contributed by atoms with Crippen LogP contribution in [0.4, 0.5) is 18.9 Å². The molecule has 1 unspecified atom stereocenters. The average Bonchev–Trinajstić information content (AvgIpc) is 2.45. The molecule has 2 nitrogen and oxygen atoms in total. The third-order valence-electron chi connectivity index (χ3n) is 4.04. The zero-order valence-corrected chi connectivity index (χ0v) is 11.7. The Labute approximate surface area is 117 Å². The minimum Gasteiger partial charge on any atom is -0.371 e. The van der Waals surface area contributed by atoms with Crippen molar-refractivity contribution in [3.8, 4) is 0 Å². The molecular formula is C15H21F3N2. The highest BCUT2D eigenvalue weighted by atomic mass is 19.4. The Bertz CT molecular complexity index is 457. The van der Waals surface area contributed by atoms with Gasteiger partial charge in [-0.05, 0) is 36.5 Å². The van der Waals surface area contributed by atoms with Crippen LogP contribution in [0.25, 0.3) is 0 Å². The lowest BCUT2D eigenvalue weighted by Gasteiger charge is -2.35. The molecule has 0 spiro atoms. The van der Waals surface area contributed by atoms with Crippen molar-refractivity contribution in [1.29, 1.82) is 0 Å². The first-order valence-corrected chi connectivity index (χ1v) is 7.10. The second-order valence-electron chi connectivity index (χ2n) is 5.42. The molecule has 0 aromatic heterocycles. The van der Waals surface area contributed by atoms with Crippen molar-refractivity contribution in [2.24, 2.45) is 11.7 Å². The van der Waals surface area contributed by atoms with Crippen molar-refractivity contribution in [2.45, 2.75) is 38.9 Å². The summed E-state index contributed by atoms with van der Waals surface area (Å²) < 4.78 is 39.7. The van der Waals surface area contributed by atoms with Gasteiger partial charge in [0.15, 0.2) is 0 Å². The van der Waals surface area contributed by atoms with Crippen molar-refractivity contribution in [3.05, 3.63) is 29.3 Å². The van der Waals surface area contributed by atoms with Crippen molar-refractivity contribution in [3.63, 3.8) is 0 Å². The van der Waals surface area contributed by atoms with Crippen LogP contribution in [-0.2, 0) is 12.7 Å². The molecule has 0 bridgehead atoms. The monoisotopic (exact) mass is 286 g/mol. The van der Waals surface area contributed by atoms with Crippen molar-refractivity contribution in [1.82, 2.24) is 0 Å². The van der Waals surface area contributed by atoms with Gasteiger partial charge in [0.1, 0.15) is 0 Å².